The van der Waals surface area contributed by atoms with E-state index >= 15 is 0 Å². The standard InChI is InChI=1S/C19H23N3O.C14H21N3O.C13H19N3.C12H16ClN3.C12H18N4O/c1-21-9-7-19(14-21)8-10-22(15-19)16-11-18(13-20-12-16)23-17-5-3-2-4-6-17;1-16-5-3-14(10-16)4-6-17(11-14)12-7-13(18-2)9-15-8-12;1-15-7-4-13(10-15)5-8-16(11-13)12-3-2-6-14-9-12;13-11-2-1-10(7-15-11)16-6-4-12(9-16)3-5-14-8-12;1-17-11-3-2-10(14-15-11)16-7-5-12(9-16)4-6-13-8-12/h2-6,11-13H,7-10,14-15H2,1H3;7-9H,3-6,10-11H2,1-2H3;2-3,6,9H,4-5,7-8,10-11H2,1H3;1-2,7,14H,3-6,8-9H2;2-3,13H,4-9H2,1H3. The maximum atomic E-state index is 5.92. The van der Waals surface area contributed by atoms with E-state index in [-0.39, 0.29) is 0 Å². The fraction of sp³-hybridized carbons (Fsp3) is 0.571. The number of anilines is 5. The van der Waals surface area contributed by atoms with Gasteiger partial charge in [-0.3, -0.25) is 15.0 Å². The first-order valence-electron chi connectivity index (χ1n) is 33.1. The highest BCUT2D eigenvalue weighted by molar-refractivity contribution is 6.29. The maximum Gasteiger partial charge on any atom is 0.233 e. The Morgan fingerprint density at radius 1 is 0.411 bits per heavy atom. The summed E-state index contributed by atoms with van der Waals surface area (Å²) in [5.74, 6) is 4.04. The summed E-state index contributed by atoms with van der Waals surface area (Å²) in [6.45, 7) is 23.5. The van der Waals surface area contributed by atoms with Crippen LogP contribution < -0.4 is 49.3 Å². The second kappa shape index (κ2) is 28.5. The normalized spacial score (nSPS) is 27.8. The predicted molar refractivity (Wildman–Crippen MR) is 361 cm³/mol. The van der Waals surface area contributed by atoms with Gasteiger partial charge in [-0.05, 0) is 161 Å². The monoisotopic (exact) mass is 1240 g/mol. The smallest absolute Gasteiger partial charge is 0.233 e. The summed E-state index contributed by atoms with van der Waals surface area (Å²) in [4.78, 5) is 36.5. The lowest BCUT2D eigenvalue weighted by Crippen LogP contribution is -2.29. The summed E-state index contributed by atoms with van der Waals surface area (Å²) in [5, 5.41) is 15.7. The largest absolute Gasteiger partial charge is 0.495 e. The first-order valence-corrected chi connectivity index (χ1v) is 33.5. The molecule has 16 rings (SSSR count). The molecule has 6 aromatic rings. The third kappa shape index (κ3) is 15.6. The van der Waals surface area contributed by atoms with Gasteiger partial charge in [-0.25, -0.2) is 4.98 Å². The van der Waals surface area contributed by atoms with Crippen LogP contribution in [0.2, 0.25) is 5.15 Å². The number of likely N-dealkylation sites (tertiary alicyclic amines) is 3. The van der Waals surface area contributed by atoms with Crippen molar-refractivity contribution >= 4 is 40.2 Å². The van der Waals surface area contributed by atoms with Crippen LogP contribution in [0.4, 0.5) is 28.6 Å². The van der Waals surface area contributed by atoms with Crippen molar-refractivity contribution < 1.29 is 14.2 Å². The van der Waals surface area contributed by atoms with Crippen molar-refractivity contribution in [3.63, 3.8) is 0 Å². The summed E-state index contributed by atoms with van der Waals surface area (Å²) in [5.41, 5.74) is 7.39. The first kappa shape index (κ1) is 63.5. The Morgan fingerprint density at radius 2 is 0.900 bits per heavy atom. The van der Waals surface area contributed by atoms with Crippen LogP contribution in [0, 0.1) is 27.1 Å². The zero-order chi connectivity index (χ0) is 62.0. The third-order valence-corrected chi connectivity index (χ3v) is 21.6. The molecule has 0 amide bonds. The summed E-state index contributed by atoms with van der Waals surface area (Å²) in [6, 6.07) is 26.1. The zero-order valence-electron chi connectivity index (χ0n) is 54.1. The molecule has 20 heteroatoms. The average Bonchev–Trinajstić information content (AvgIpc) is 1.95. The Morgan fingerprint density at radius 3 is 1.37 bits per heavy atom. The van der Waals surface area contributed by atoms with Crippen LogP contribution in [0.15, 0.2) is 122 Å². The van der Waals surface area contributed by atoms with Gasteiger partial charge in [-0.1, -0.05) is 29.8 Å². The lowest BCUT2D eigenvalue weighted by Gasteiger charge is -2.25. The number of aromatic nitrogens is 6. The summed E-state index contributed by atoms with van der Waals surface area (Å²) < 4.78 is 16.2. The third-order valence-electron chi connectivity index (χ3n) is 21.3. The fourth-order valence-electron chi connectivity index (χ4n) is 16.2. The van der Waals surface area contributed by atoms with Gasteiger partial charge in [-0.15, -0.1) is 10.2 Å². The summed E-state index contributed by atoms with van der Waals surface area (Å²) in [7, 11) is 10.00. The maximum absolute atomic E-state index is 5.92. The molecule has 2 N–H and O–H groups in total. The average molecular weight is 1250 g/mol. The molecule has 10 saturated heterocycles. The van der Waals surface area contributed by atoms with Gasteiger partial charge in [0.1, 0.15) is 22.4 Å². The number of methoxy groups -OCH3 is 2. The van der Waals surface area contributed by atoms with Gasteiger partial charge in [0.15, 0.2) is 5.82 Å². The molecule has 5 atom stereocenters. The van der Waals surface area contributed by atoms with Crippen LogP contribution in [0.5, 0.6) is 23.1 Å². The van der Waals surface area contributed by atoms with E-state index in [4.69, 9.17) is 25.8 Å². The minimum atomic E-state index is 0.474. The van der Waals surface area contributed by atoms with Crippen molar-refractivity contribution in [3.8, 4) is 23.1 Å². The predicted octanol–water partition coefficient (Wildman–Crippen LogP) is 9.24. The Labute approximate surface area is 539 Å². The Bertz CT molecular complexity index is 3220. The van der Waals surface area contributed by atoms with Crippen molar-refractivity contribution in [3.05, 3.63) is 127 Å². The van der Waals surface area contributed by atoms with E-state index in [1.54, 1.807) is 26.6 Å². The van der Waals surface area contributed by atoms with Crippen molar-refractivity contribution in [1.29, 1.82) is 0 Å². The number of nitrogens with zero attached hydrogens (tertiary/aromatic N) is 14. The van der Waals surface area contributed by atoms with Crippen molar-refractivity contribution in [2.45, 2.75) is 64.2 Å². The molecule has 5 spiro atoms. The minimum absolute atomic E-state index is 0.474. The Hall–Kier alpha value is -6.61. The number of hydrogen-bond acceptors (Lipinski definition) is 19. The van der Waals surface area contributed by atoms with Crippen LogP contribution in [0.25, 0.3) is 0 Å². The molecular weight excluding hydrogens is 1150 g/mol. The van der Waals surface area contributed by atoms with Crippen molar-refractivity contribution in [2.75, 3.05) is 191 Å². The molecule has 1 aromatic carbocycles. The van der Waals surface area contributed by atoms with Crippen LogP contribution in [-0.2, 0) is 0 Å². The summed E-state index contributed by atoms with van der Waals surface area (Å²) >= 11 is 5.80. The van der Waals surface area contributed by atoms with Crippen LogP contribution in [0.3, 0.4) is 0 Å². The van der Waals surface area contributed by atoms with Gasteiger partial charge in [0, 0.05) is 150 Å². The number of halogens is 1. The molecule has 15 heterocycles. The highest BCUT2D eigenvalue weighted by atomic mass is 35.5. The van der Waals surface area contributed by atoms with Gasteiger partial charge >= 0.3 is 0 Å². The van der Waals surface area contributed by atoms with Crippen LogP contribution in [0.1, 0.15) is 64.2 Å². The minimum Gasteiger partial charge on any atom is -0.495 e. The fourth-order valence-corrected chi connectivity index (χ4v) is 16.3. The van der Waals surface area contributed by atoms with Gasteiger partial charge < -0.3 is 64.0 Å². The molecule has 10 aliphatic rings. The molecule has 0 bridgehead atoms. The van der Waals surface area contributed by atoms with Gasteiger partial charge in [0.25, 0.3) is 0 Å². The molecule has 90 heavy (non-hydrogen) atoms. The highest BCUT2D eigenvalue weighted by Crippen LogP contribution is 2.44. The van der Waals surface area contributed by atoms with Crippen LogP contribution >= 0.6 is 11.6 Å². The topological polar surface area (TPSA) is 155 Å². The number of benzene rings is 1. The molecule has 10 fully saturated rings. The number of rotatable bonds is 9. The molecule has 10 aliphatic heterocycles. The second-order valence-corrected chi connectivity index (χ2v) is 28.4. The molecule has 0 radical (unpaired) electrons. The van der Waals surface area contributed by atoms with Gasteiger partial charge in [-0.2, -0.15) is 0 Å². The lowest BCUT2D eigenvalue weighted by atomic mass is 9.86. The van der Waals surface area contributed by atoms with E-state index in [1.165, 1.54) is 152 Å². The molecule has 482 valence electrons. The number of para-hydroxylation sites is 1. The molecule has 5 aromatic heterocycles. The van der Waals surface area contributed by atoms with Gasteiger partial charge in [0.05, 0.1) is 74.2 Å². The van der Waals surface area contributed by atoms with E-state index in [9.17, 15) is 0 Å². The first-order chi connectivity index (χ1) is 43.8. The van der Waals surface area contributed by atoms with Crippen LogP contribution in [-0.4, -0.2) is 211 Å². The molecule has 5 unspecified atom stereocenters. The molecule has 19 nitrogen and oxygen atoms in total. The number of hydrogen-bond donors (Lipinski definition) is 2. The number of nitrogens with one attached hydrogen (secondary N) is 2. The molecule has 0 saturated carbocycles. The number of pyridine rings is 4. The van der Waals surface area contributed by atoms with E-state index < -0.39 is 0 Å². The SMILES string of the molecule is CN1CCC2(CCN(c3cccnc3)C2)C1.CN1CCC2(CCN(c3cncc(Oc4ccccc4)c3)C2)C1.COc1ccc(N2CCC3(CCNC3)C2)nn1.COc1cncc(N2CCC3(CCN(C)C3)C2)c1.Clc1ccc(N2CCC3(CCNC3)C2)cn1. The molecular formula is C70H97ClN16O3. The Balaban J connectivity index is 0.000000110. The summed E-state index contributed by atoms with van der Waals surface area (Å²) in [6.07, 6.45) is 26.2. The quantitative estimate of drug-likeness (QED) is 0.132. The zero-order valence-corrected chi connectivity index (χ0v) is 54.9. The Kier molecular flexibility index (Phi) is 20.1. The highest BCUT2D eigenvalue weighted by Gasteiger charge is 2.46. The van der Waals surface area contributed by atoms with E-state index in [1.807, 2.05) is 85.6 Å². The van der Waals surface area contributed by atoms with E-state index in [0.29, 0.717) is 38.1 Å². The van der Waals surface area contributed by atoms with E-state index in [0.717, 1.165) is 88.5 Å². The van der Waals surface area contributed by atoms with E-state index in [2.05, 4.69) is 125 Å². The molecule has 0 aliphatic carbocycles. The lowest BCUT2D eigenvalue weighted by molar-refractivity contribution is 0.312. The van der Waals surface area contributed by atoms with Crippen molar-refractivity contribution in [2.24, 2.45) is 27.1 Å². The van der Waals surface area contributed by atoms with Gasteiger partial charge in [0.2, 0.25) is 5.88 Å². The second-order valence-electron chi connectivity index (χ2n) is 28.0. The van der Waals surface area contributed by atoms with Crippen molar-refractivity contribution in [1.82, 2.24) is 55.5 Å². The number of ether oxygens (including phenoxy) is 3.